The zero-order valence-corrected chi connectivity index (χ0v) is 10.3. The van der Waals surface area contributed by atoms with Crippen LogP contribution in [0.3, 0.4) is 0 Å². The van der Waals surface area contributed by atoms with E-state index in [0.29, 0.717) is 0 Å². The predicted octanol–water partition coefficient (Wildman–Crippen LogP) is 2.66. The van der Waals surface area contributed by atoms with Gasteiger partial charge in [-0.2, -0.15) is 5.10 Å². The fraction of sp³-hybridized carbons (Fsp3) is 0.700. The number of alkyl halides is 1. The van der Waals surface area contributed by atoms with Crippen molar-refractivity contribution in [1.82, 2.24) is 9.78 Å². The molecule has 13 heavy (non-hydrogen) atoms. The summed E-state index contributed by atoms with van der Waals surface area (Å²) >= 11 is 3.44. The fourth-order valence-corrected chi connectivity index (χ4v) is 1.61. The largest absolute Gasteiger partial charge is 0.272 e. The van der Waals surface area contributed by atoms with Crippen LogP contribution in [0.15, 0.2) is 6.07 Å². The smallest absolute Gasteiger partial charge is 0.0680 e. The number of nitrogens with zero attached hydrogens (tertiary/aromatic N) is 2. The van der Waals surface area contributed by atoms with Gasteiger partial charge < -0.3 is 0 Å². The lowest BCUT2D eigenvalue weighted by molar-refractivity contribution is 0.551. The van der Waals surface area contributed by atoms with Crippen molar-refractivity contribution in [2.75, 3.05) is 5.33 Å². The molecule has 0 unspecified atom stereocenters. The van der Waals surface area contributed by atoms with Crippen molar-refractivity contribution in [1.29, 1.82) is 0 Å². The van der Waals surface area contributed by atoms with Crippen LogP contribution in [0.5, 0.6) is 0 Å². The van der Waals surface area contributed by atoms with E-state index in [1.54, 1.807) is 0 Å². The Labute approximate surface area is 88.5 Å². The molecule has 0 atom stereocenters. The monoisotopic (exact) mass is 244 g/mol. The molecule has 0 amide bonds. The minimum atomic E-state index is 0.155. The van der Waals surface area contributed by atoms with Crippen LogP contribution in [-0.2, 0) is 18.9 Å². The molecule has 0 N–H and O–H groups in total. The SMILES string of the molecule is Cn1nc(C(C)(C)C)cc1CCBr. The Bertz CT molecular complexity index is 284. The lowest BCUT2D eigenvalue weighted by Crippen LogP contribution is -2.12. The molecule has 1 rings (SSSR count). The summed E-state index contributed by atoms with van der Waals surface area (Å²) in [6.45, 7) is 6.56. The highest BCUT2D eigenvalue weighted by Gasteiger charge is 2.18. The third kappa shape index (κ3) is 2.56. The van der Waals surface area contributed by atoms with Gasteiger partial charge in [-0.1, -0.05) is 36.7 Å². The van der Waals surface area contributed by atoms with Crippen LogP contribution in [-0.4, -0.2) is 15.1 Å². The maximum Gasteiger partial charge on any atom is 0.0680 e. The lowest BCUT2D eigenvalue weighted by Gasteiger charge is -2.13. The van der Waals surface area contributed by atoms with E-state index in [0.717, 1.165) is 11.8 Å². The summed E-state index contributed by atoms with van der Waals surface area (Å²) in [6, 6.07) is 2.20. The van der Waals surface area contributed by atoms with Gasteiger partial charge in [0, 0.05) is 23.5 Å². The van der Waals surface area contributed by atoms with E-state index in [2.05, 4.69) is 47.9 Å². The third-order valence-corrected chi connectivity index (χ3v) is 2.49. The van der Waals surface area contributed by atoms with E-state index in [4.69, 9.17) is 0 Å². The van der Waals surface area contributed by atoms with Crippen LogP contribution in [0.4, 0.5) is 0 Å². The minimum absolute atomic E-state index is 0.155. The first-order valence-electron chi connectivity index (χ1n) is 4.54. The van der Waals surface area contributed by atoms with Gasteiger partial charge in [0.05, 0.1) is 5.69 Å². The maximum atomic E-state index is 4.50. The van der Waals surface area contributed by atoms with Crippen LogP contribution in [0.2, 0.25) is 0 Å². The first-order chi connectivity index (χ1) is 5.95. The third-order valence-electron chi connectivity index (χ3n) is 2.10. The highest BCUT2D eigenvalue weighted by molar-refractivity contribution is 9.09. The van der Waals surface area contributed by atoms with Gasteiger partial charge in [0.2, 0.25) is 0 Å². The molecule has 0 aromatic carbocycles. The van der Waals surface area contributed by atoms with Crippen molar-refractivity contribution < 1.29 is 0 Å². The summed E-state index contributed by atoms with van der Waals surface area (Å²) in [5, 5.41) is 5.49. The Kier molecular flexibility index (Phi) is 3.17. The van der Waals surface area contributed by atoms with Gasteiger partial charge >= 0.3 is 0 Å². The summed E-state index contributed by atoms with van der Waals surface area (Å²) in [6.07, 6.45) is 1.04. The molecule has 3 heteroatoms. The molecular formula is C10H17BrN2. The van der Waals surface area contributed by atoms with Gasteiger partial charge in [-0.15, -0.1) is 0 Å². The van der Waals surface area contributed by atoms with Crippen molar-refractivity contribution in [3.63, 3.8) is 0 Å². The molecule has 0 saturated carbocycles. The van der Waals surface area contributed by atoms with E-state index < -0.39 is 0 Å². The molecule has 0 aliphatic heterocycles. The van der Waals surface area contributed by atoms with Crippen molar-refractivity contribution in [2.24, 2.45) is 7.05 Å². The topological polar surface area (TPSA) is 17.8 Å². The Morgan fingerprint density at radius 1 is 1.46 bits per heavy atom. The molecule has 1 aromatic rings. The molecule has 0 aliphatic rings. The molecule has 0 spiro atoms. The van der Waals surface area contributed by atoms with E-state index in [-0.39, 0.29) is 5.41 Å². The second-order valence-electron chi connectivity index (χ2n) is 4.33. The van der Waals surface area contributed by atoms with Gasteiger partial charge in [0.25, 0.3) is 0 Å². The zero-order chi connectivity index (χ0) is 10.1. The van der Waals surface area contributed by atoms with E-state index in [9.17, 15) is 0 Å². The van der Waals surface area contributed by atoms with E-state index in [1.165, 1.54) is 11.4 Å². The summed E-state index contributed by atoms with van der Waals surface area (Å²) in [7, 11) is 2.01. The zero-order valence-electron chi connectivity index (χ0n) is 8.76. The number of hydrogen-bond donors (Lipinski definition) is 0. The number of rotatable bonds is 2. The Balaban J connectivity index is 2.95. The maximum absolute atomic E-state index is 4.50. The molecular weight excluding hydrogens is 228 g/mol. The van der Waals surface area contributed by atoms with Crippen molar-refractivity contribution >= 4 is 15.9 Å². The van der Waals surface area contributed by atoms with Gasteiger partial charge in [-0.25, -0.2) is 0 Å². The molecule has 0 saturated heterocycles. The summed E-state index contributed by atoms with van der Waals surface area (Å²) in [5.74, 6) is 0. The minimum Gasteiger partial charge on any atom is -0.272 e. The number of aryl methyl sites for hydroxylation is 2. The van der Waals surface area contributed by atoms with Gasteiger partial charge in [-0.05, 0) is 12.5 Å². The van der Waals surface area contributed by atoms with Crippen LogP contribution in [0.25, 0.3) is 0 Å². The van der Waals surface area contributed by atoms with Crippen molar-refractivity contribution in [3.8, 4) is 0 Å². The van der Waals surface area contributed by atoms with Crippen LogP contribution >= 0.6 is 15.9 Å². The number of halogens is 1. The van der Waals surface area contributed by atoms with Gasteiger partial charge in [0.15, 0.2) is 0 Å². The summed E-state index contributed by atoms with van der Waals surface area (Å²) in [4.78, 5) is 0. The molecule has 1 heterocycles. The molecule has 2 nitrogen and oxygen atoms in total. The molecule has 0 bridgehead atoms. The first-order valence-corrected chi connectivity index (χ1v) is 5.66. The summed E-state index contributed by atoms with van der Waals surface area (Å²) in [5.41, 5.74) is 2.62. The van der Waals surface area contributed by atoms with E-state index >= 15 is 0 Å². The molecule has 74 valence electrons. The first kappa shape index (κ1) is 10.8. The summed E-state index contributed by atoms with van der Waals surface area (Å²) < 4.78 is 1.97. The molecule has 1 aromatic heterocycles. The van der Waals surface area contributed by atoms with Gasteiger partial charge in [0.1, 0.15) is 0 Å². The lowest BCUT2D eigenvalue weighted by atomic mass is 9.92. The fourth-order valence-electron chi connectivity index (χ4n) is 1.20. The number of aromatic nitrogens is 2. The van der Waals surface area contributed by atoms with Crippen molar-refractivity contribution in [3.05, 3.63) is 17.5 Å². The highest BCUT2D eigenvalue weighted by atomic mass is 79.9. The molecule has 0 fully saturated rings. The van der Waals surface area contributed by atoms with E-state index in [1.807, 2.05) is 11.7 Å². The second-order valence-corrected chi connectivity index (χ2v) is 5.13. The average Bonchev–Trinajstić information content (AvgIpc) is 2.32. The second kappa shape index (κ2) is 3.82. The van der Waals surface area contributed by atoms with Gasteiger partial charge in [-0.3, -0.25) is 4.68 Å². The highest BCUT2D eigenvalue weighted by Crippen LogP contribution is 2.21. The Morgan fingerprint density at radius 2 is 2.08 bits per heavy atom. The van der Waals surface area contributed by atoms with Crippen LogP contribution in [0, 0.1) is 0 Å². The molecule has 0 aliphatic carbocycles. The molecule has 0 radical (unpaired) electrons. The van der Waals surface area contributed by atoms with Crippen molar-refractivity contribution in [2.45, 2.75) is 32.6 Å². The predicted molar refractivity (Wildman–Crippen MR) is 59.4 cm³/mol. The quantitative estimate of drug-likeness (QED) is 0.732. The Hall–Kier alpha value is -0.310. The van der Waals surface area contributed by atoms with Crippen LogP contribution < -0.4 is 0 Å². The number of hydrogen-bond acceptors (Lipinski definition) is 1. The van der Waals surface area contributed by atoms with Crippen LogP contribution in [0.1, 0.15) is 32.2 Å². The standard InChI is InChI=1S/C10H17BrN2/c1-10(2,3)9-7-8(5-6-11)13(4)12-9/h7H,5-6H2,1-4H3. The Morgan fingerprint density at radius 3 is 2.46 bits per heavy atom. The average molecular weight is 245 g/mol. The normalized spacial score (nSPS) is 12.1.